The minimum atomic E-state index is 0.0217. The number of hydrogen-bond acceptors (Lipinski definition) is 5. The van der Waals surface area contributed by atoms with E-state index in [9.17, 15) is 0 Å². The van der Waals surface area contributed by atoms with Crippen LogP contribution in [0.1, 0.15) is 50.2 Å². The summed E-state index contributed by atoms with van der Waals surface area (Å²) >= 11 is 1.63. The van der Waals surface area contributed by atoms with Gasteiger partial charge in [0.05, 0.1) is 5.69 Å². The highest BCUT2D eigenvalue weighted by molar-refractivity contribution is 7.99. The topological polar surface area (TPSA) is 69.6 Å². The molecule has 0 radical (unpaired) electrons. The van der Waals surface area contributed by atoms with Crippen LogP contribution in [0.25, 0.3) is 0 Å². The van der Waals surface area contributed by atoms with Crippen LogP contribution in [0.4, 0.5) is 0 Å². The first-order chi connectivity index (χ1) is 10.3. The molecule has 2 N–H and O–H groups in total. The molecule has 5 nitrogen and oxygen atoms in total. The molecule has 112 valence electrons. The monoisotopic (exact) mass is 303 g/mol. The van der Waals surface area contributed by atoms with Gasteiger partial charge in [0.2, 0.25) is 0 Å². The van der Waals surface area contributed by atoms with E-state index in [0.29, 0.717) is 0 Å². The van der Waals surface area contributed by atoms with Crippen molar-refractivity contribution < 1.29 is 0 Å². The van der Waals surface area contributed by atoms with Crippen LogP contribution in [0, 0.1) is 0 Å². The lowest BCUT2D eigenvalue weighted by molar-refractivity contribution is 0.591. The third-order valence-corrected chi connectivity index (χ3v) is 4.83. The molecule has 0 spiro atoms. The van der Waals surface area contributed by atoms with Crippen LogP contribution in [0.5, 0.6) is 0 Å². The van der Waals surface area contributed by atoms with Crippen molar-refractivity contribution in [3.8, 4) is 0 Å². The lowest BCUT2D eigenvalue weighted by Crippen LogP contribution is -2.10. The summed E-state index contributed by atoms with van der Waals surface area (Å²) < 4.78 is 2.25. The Kier molecular flexibility index (Phi) is 4.55. The Bertz CT molecular complexity index is 593. The zero-order chi connectivity index (χ0) is 14.7. The molecule has 0 aromatic carbocycles. The molecule has 0 aliphatic carbocycles. The maximum absolute atomic E-state index is 5.99. The quantitative estimate of drug-likeness (QED) is 0.940. The number of nitrogens with zero attached hydrogens (tertiary/aromatic N) is 4. The standard InChI is InChI=1S/C15H21N5S/c1-2-12(16)13-8-7-11(10-17-13)21-15-19-18-14-6-4-3-5-9-20(14)15/h7-8,10,12H,2-6,9,16H2,1H3/t12-/m0/s1. The van der Waals surface area contributed by atoms with Crippen LogP contribution in [-0.2, 0) is 13.0 Å². The molecular weight excluding hydrogens is 282 g/mol. The van der Waals surface area contributed by atoms with Crippen LogP contribution in [-0.4, -0.2) is 19.7 Å². The molecule has 1 aliphatic heterocycles. The molecule has 2 aromatic heterocycles. The number of nitrogens with two attached hydrogens (primary N) is 1. The Morgan fingerprint density at radius 1 is 1.29 bits per heavy atom. The molecule has 0 saturated heterocycles. The van der Waals surface area contributed by atoms with Gasteiger partial charge in [0, 0.05) is 30.1 Å². The molecule has 2 aromatic rings. The van der Waals surface area contributed by atoms with Crippen molar-refractivity contribution in [2.24, 2.45) is 5.73 Å². The fourth-order valence-electron chi connectivity index (χ4n) is 2.52. The van der Waals surface area contributed by atoms with Gasteiger partial charge in [-0.15, -0.1) is 10.2 Å². The average molecular weight is 303 g/mol. The van der Waals surface area contributed by atoms with Crippen LogP contribution in [0.15, 0.2) is 28.4 Å². The van der Waals surface area contributed by atoms with E-state index in [1.807, 2.05) is 12.3 Å². The third kappa shape index (κ3) is 3.27. The lowest BCUT2D eigenvalue weighted by atomic mass is 10.1. The largest absolute Gasteiger partial charge is 0.323 e. The summed E-state index contributed by atoms with van der Waals surface area (Å²) in [5.41, 5.74) is 6.94. The van der Waals surface area contributed by atoms with Crippen molar-refractivity contribution in [2.75, 3.05) is 0 Å². The molecule has 0 fully saturated rings. The van der Waals surface area contributed by atoms with Gasteiger partial charge in [0.15, 0.2) is 5.16 Å². The smallest absolute Gasteiger partial charge is 0.196 e. The molecule has 1 atom stereocenters. The molecule has 0 unspecified atom stereocenters. The van der Waals surface area contributed by atoms with Gasteiger partial charge in [0.1, 0.15) is 5.82 Å². The SMILES string of the molecule is CC[C@H](N)c1ccc(Sc2nnc3n2CCCCC3)cn1. The lowest BCUT2D eigenvalue weighted by Gasteiger charge is -2.09. The van der Waals surface area contributed by atoms with Crippen LogP contribution < -0.4 is 5.73 Å². The van der Waals surface area contributed by atoms with Crippen molar-refractivity contribution >= 4 is 11.8 Å². The van der Waals surface area contributed by atoms with E-state index in [2.05, 4.69) is 32.7 Å². The Hall–Kier alpha value is -1.40. The first-order valence-corrected chi connectivity index (χ1v) is 8.41. The molecule has 1 aliphatic rings. The van der Waals surface area contributed by atoms with E-state index in [1.165, 1.54) is 19.3 Å². The predicted octanol–water partition coefficient (Wildman–Crippen LogP) is 2.96. The first-order valence-electron chi connectivity index (χ1n) is 7.59. The normalized spacial score (nSPS) is 16.3. The molecule has 0 saturated carbocycles. The van der Waals surface area contributed by atoms with Crippen molar-refractivity contribution in [3.05, 3.63) is 29.8 Å². The van der Waals surface area contributed by atoms with Gasteiger partial charge in [-0.3, -0.25) is 4.98 Å². The number of pyridine rings is 1. The Morgan fingerprint density at radius 3 is 2.95 bits per heavy atom. The highest BCUT2D eigenvalue weighted by Gasteiger charge is 2.15. The molecule has 6 heteroatoms. The zero-order valence-corrected chi connectivity index (χ0v) is 13.1. The second-order valence-corrected chi connectivity index (χ2v) is 6.44. The van der Waals surface area contributed by atoms with Gasteiger partial charge in [-0.05, 0) is 43.2 Å². The summed E-state index contributed by atoms with van der Waals surface area (Å²) in [6.45, 7) is 3.09. The van der Waals surface area contributed by atoms with Crippen molar-refractivity contribution in [3.63, 3.8) is 0 Å². The summed E-state index contributed by atoms with van der Waals surface area (Å²) in [4.78, 5) is 5.54. The number of fused-ring (bicyclic) bond motifs is 1. The van der Waals surface area contributed by atoms with Gasteiger partial charge in [0.25, 0.3) is 0 Å². The van der Waals surface area contributed by atoms with Gasteiger partial charge in [-0.1, -0.05) is 13.3 Å². The fourth-order valence-corrected chi connectivity index (χ4v) is 3.36. The van der Waals surface area contributed by atoms with E-state index >= 15 is 0 Å². The number of aromatic nitrogens is 4. The maximum Gasteiger partial charge on any atom is 0.196 e. The molecule has 3 heterocycles. The van der Waals surface area contributed by atoms with E-state index in [0.717, 1.165) is 41.0 Å². The molecule has 0 bridgehead atoms. The van der Waals surface area contributed by atoms with Crippen molar-refractivity contribution in [1.29, 1.82) is 0 Å². The van der Waals surface area contributed by atoms with Gasteiger partial charge in [-0.25, -0.2) is 0 Å². The highest BCUT2D eigenvalue weighted by atomic mass is 32.2. The fraction of sp³-hybridized carbons (Fsp3) is 0.533. The Labute approximate surface area is 129 Å². The van der Waals surface area contributed by atoms with E-state index in [4.69, 9.17) is 5.73 Å². The Balaban J connectivity index is 1.76. The third-order valence-electron chi connectivity index (χ3n) is 3.86. The predicted molar refractivity (Wildman–Crippen MR) is 83.2 cm³/mol. The maximum atomic E-state index is 5.99. The summed E-state index contributed by atoms with van der Waals surface area (Å²) in [7, 11) is 0. The summed E-state index contributed by atoms with van der Waals surface area (Å²) in [5.74, 6) is 1.12. The van der Waals surface area contributed by atoms with Crippen molar-refractivity contribution in [2.45, 2.75) is 61.7 Å². The second-order valence-electron chi connectivity index (χ2n) is 5.40. The Morgan fingerprint density at radius 2 is 2.19 bits per heavy atom. The van der Waals surface area contributed by atoms with E-state index in [1.54, 1.807) is 11.8 Å². The van der Waals surface area contributed by atoms with Gasteiger partial charge >= 0.3 is 0 Å². The second kappa shape index (κ2) is 6.58. The van der Waals surface area contributed by atoms with E-state index in [-0.39, 0.29) is 6.04 Å². The van der Waals surface area contributed by atoms with E-state index < -0.39 is 0 Å². The van der Waals surface area contributed by atoms with Crippen LogP contribution in [0.2, 0.25) is 0 Å². The number of aryl methyl sites for hydroxylation is 1. The van der Waals surface area contributed by atoms with Gasteiger partial charge < -0.3 is 10.3 Å². The van der Waals surface area contributed by atoms with Crippen LogP contribution in [0.3, 0.4) is 0 Å². The van der Waals surface area contributed by atoms with Gasteiger partial charge in [-0.2, -0.15) is 0 Å². The van der Waals surface area contributed by atoms with Crippen LogP contribution >= 0.6 is 11.8 Å². The number of hydrogen-bond donors (Lipinski definition) is 1. The number of rotatable bonds is 4. The summed E-state index contributed by atoms with van der Waals surface area (Å²) in [6, 6.07) is 4.10. The summed E-state index contributed by atoms with van der Waals surface area (Å²) in [6.07, 6.45) is 7.52. The summed E-state index contributed by atoms with van der Waals surface area (Å²) in [5, 5.41) is 9.63. The minimum absolute atomic E-state index is 0.0217. The average Bonchev–Trinajstić information content (AvgIpc) is 2.75. The molecule has 3 rings (SSSR count). The first kappa shape index (κ1) is 14.5. The van der Waals surface area contributed by atoms with Crippen molar-refractivity contribution in [1.82, 2.24) is 19.7 Å². The zero-order valence-electron chi connectivity index (χ0n) is 12.3. The molecular formula is C15H21N5S. The molecule has 0 amide bonds. The minimum Gasteiger partial charge on any atom is -0.323 e. The highest BCUT2D eigenvalue weighted by Crippen LogP contribution is 2.28. The molecule has 21 heavy (non-hydrogen) atoms.